The van der Waals surface area contributed by atoms with E-state index in [2.05, 4.69) is 9.72 Å². The Hall–Kier alpha value is -2.64. The van der Waals surface area contributed by atoms with E-state index in [9.17, 15) is 13.2 Å². The summed E-state index contributed by atoms with van der Waals surface area (Å²) < 4.78 is 45.6. The monoisotopic (exact) mass is 285 g/mol. The van der Waals surface area contributed by atoms with Crippen LogP contribution in [0.2, 0.25) is 0 Å². The Bertz CT molecular complexity index is 600. The van der Waals surface area contributed by atoms with E-state index in [4.69, 9.17) is 16.2 Å². The molecular formula is C12H10F3N3O2. The Morgan fingerprint density at radius 1 is 1.05 bits per heavy atom. The van der Waals surface area contributed by atoms with Crippen molar-refractivity contribution in [2.75, 3.05) is 11.5 Å². The number of benzene rings is 1. The number of nitrogens with two attached hydrogens (primary N) is 2. The number of nitrogen functional groups attached to an aromatic ring is 2. The molecule has 20 heavy (non-hydrogen) atoms. The van der Waals surface area contributed by atoms with Gasteiger partial charge in [0.05, 0.1) is 17.6 Å². The third-order valence-electron chi connectivity index (χ3n) is 2.19. The average molecular weight is 285 g/mol. The molecule has 0 bridgehead atoms. The van der Waals surface area contributed by atoms with Crippen LogP contribution < -0.4 is 20.9 Å². The Morgan fingerprint density at radius 3 is 2.40 bits per heavy atom. The number of aromatic nitrogens is 1. The van der Waals surface area contributed by atoms with E-state index in [1.54, 1.807) is 6.07 Å². The number of rotatable bonds is 3. The zero-order valence-electron chi connectivity index (χ0n) is 10.0. The van der Waals surface area contributed by atoms with Gasteiger partial charge in [-0.3, -0.25) is 0 Å². The summed E-state index contributed by atoms with van der Waals surface area (Å²) >= 11 is 0. The molecule has 0 aliphatic rings. The molecular weight excluding hydrogens is 275 g/mol. The SMILES string of the molecule is Nc1ccc(Oc2ccc(N)c(OC(F)(F)F)c2)nc1. The standard InChI is InChI=1S/C12H10F3N3O2/c13-12(14,15)20-10-5-8(2-3-9(10)17)19-11-4-1-7(16)6-18-11/h1-6H,16-17H2. The minimum Gasteiger partial charge on any atom is -0.439 e. The first-order valence-electron chi connectivity index (χ1n) is 5.38. The summed E-state index contributed by atoms with van der Waals surface area (Å²) in [6.07, 6.45) is -3.47. The lowest BCUT2D eigenvalue weighted by molar-refractivity contribution is -0.274. The number of ether oxygens (including phenoxy) is 2. The highest BCUT2D eigenvalue weighted by Crippen LogP contribution is 2.33. The first-order valence-corrected chi connectivity index (χ1v) is 5.38. The van der Waals surface area contributed by atoms with Crippen LogP contribution >= 0.6 is 0 Å². The van der Waals surface area contributed by atoms with Crippen LogP contribution in [0.5, 0.6) is 17.4 Å². The molecule has 2 rings (SSSR count). The molecule has 8 heteroatoms. The quantitative estimate of drug-likeness (QED) is 0.847. The number of hydrogen-bond donors (Lipinski definition) is 2. The Balaban J connectivity index is 2.20. The van der Waals surface area contributed by atoms with Crippen molar-refractivity contribution in [2.45, 2.75) is 6.36 Å². The fraction of sp³-hybridized carbons (Fsp3) is 0.0833. The van der Waals surface area contributed by atoms with Crippen LogP contribution in [0.15, 0.2) is 36.5 Å². The van der Waals surface area contributed by atoms with Gasteiger partial charge < -0.3 is 20.9 Å². The van der Waals surface area contributed by atoms with Gasteiger partial charge in [0.2, 0.25) is 5.88 Å². The largest absolute Gasteiger partial charge is 0.573 e. The van der Waals surface area contributed by atoms with Gasteiger partial charge in [0.25, 0.3) is 0 Å². The molecule has 4 N–H and O–H groups in total. The van der Waals surface area contributed by atoms with E-state index in [-0.39, 0.29) is 17.3 Å². The molecule has 0 unspecified atom stereocenters. The maximum Gasteiger partial charge on any atom is 0.573 e. The summed E-state index contributed by atoms with van der Waals surface area (Å²) in [6.45, 7) is 0. The number of alkyl halides is 3. The number of hydrogen-bond acceptors (Lipinski definition) is 5. The van der Waals surface area contributed by atoms with E-state index in [0.29, 0.717) is 5.69 Å². The molecule has 0 aliphatic heterocycles. The molecule has 5 nitrogen and oxygen atoms in total. The minimum absolute atomic E-state index is 0.107. The van der Waals surface area contributed by atoms with E-state index in [1.807, 2.05) is 0 Å². The van der Waals surface area contributed by atoms with Gasteiger partial charge in [-0.1, -0.05) is 0 Å². The lowest BCUT2D eigenvalue weighted by Gasteiger charge is -2.12. The second-order valence-corrected chi connectivity index (χ2v) is 3.78. The minimum atomic E-state index is -4.83. The van der Waals surface area contributed by atoms with Gasteiger partial charge in [-0.15, -0.1) is 13.2 Å². The predicted octanol–water partition coefficient (Wildman–Crippen LogP) is 2.94. The molecule has 1 aromatic heterocycles. The van der Waals surface area contributed by atoms with Crippen molar-refractivity contribution in [2.24, 2.45) is 0 Å². The van der Waals surface area contributed by atoms with Gasteiger partial charge in [0.1, 0.15) is 5.75 Å². The smallest absolute Gasteiger partial charge is 0.439 e. The van der Waals surface area contributed by atoms with Crippen molar-refractivity contribution in [3.63, 3.8) is 0 Å². The van der Waals surface area contributed by atoms with Gasteiger partial charge in [-0.05, 0) is 18.2 Å². The van der Waals surface area contributed by atoms with Crippen LogP contribution in [0.1, 0.15) is 0 Å². The first kappa shape index (κ1) is 13.8. The van der Waals surface area contributed by atoms with Crippen LogP contribution in [0.4, 0.5) is 24.5 Å². The van der Waals surface area contributed by atoms with Crippen molar-refractivity contribution < 1.29 is 22.6 Å². The van der Waals surface area contributed by atoms with Gasteiger partial charge in [0.15, 0.2) is 5.75 Å². The topological polar surface area (TPSA) is 83.4 Å². The van der Waals surface area contributed by atoms with Crippen molar-refractivity contribution >= 4 is 11.4 Å². The maximum absolute atomic E-state index is 12.2. The Kier molecular flexibility index (Phi) is 3.55. The van der Waals surface area contributed by atoms with Gasteiger partial charge in [-0.25, -0.2) is 4.98 Å². The second kappa shape index (κ2) is 5.16. The zero-order chi connectivity index (χ0) is 14.8. The normalized spacial score (nSPS) is 11.2. The Morgan fingerprint density at radius 2 is 1.80 bits per heavy atom. The summed E-state index contributed by atoms with van der Waals surface area (Å²) in [5.41, 5.74) is 11.1. The molecule has 1 aromatic carbocycles. The molecule has 0 spiro atoms. The lowest BCUT2D eigenvalue weighted by Crippen LogP contribution is -2.18. The number of anilines is 2. The number of halogens is 3. The van der Waals surface area contributed by atoms with Crippen LogP contribution in [0, 0.1) is 0 Å². The molecule has 0 saturated heterocycles. The highest BCUT2D eigenvalue weighted by atomic mass is 19.4. The average Bonchev–Trinajstić information content (AvgIpc) is 2.34. The highest BCUT2D eigenvalue weighted by molar-refractivity contribution is 5.56. The molecule has 0 atom stereocenters. The summed E-state index contributed by atoms with van der Waals surface area (Å²) in [4.78, 5) is 3.86. The van der Waals surface area contributed by atoms with Crippen molar-refractivity contribution in [1.82, 2.24) is 4.98 Å². The summed E-state index contributed by atoms with van der Waals surface area (Å²) in [6, 6.07) is 6.70. The van der Waals surface area contributed by atoms with E-state index in [1.165, 1.54) is 24.4 Å². The maximum atomic E-state index is 12.2. The van der Waals surface area contributed by atoms with E-state index < -0.39 is 12.1 Å². The fourth-order valence-corrected chi connectivity index (χ4v) is 1.36. The number of nitrogens with zero attached hydrogens (tertiary/aromatic N) is 1. The van der Waals surface area contributed by atoms with Crippen LogP contribution in [0.25, 0.3) is 0 Å². The zero-order valence-corrected chi connectivity index (χ0v) is 10.0. The number of pyridine rings is 1. The fourth-order valence-electron chi connectivity index (χ4n) is 1.36. The first-order chi connectivity index (χ1) is 9.33. The molecule has 0 amide bonds. The lowest BCUT2D eigenvalue weighted by atomic mass is 10.3. The van der Waals surface area contributed by atoms with Crippen LogP contribution in [-0.4, -0.2) is 11.3 Å². The van der Waals surface area contributed by atoms with Crippen molar-refractivity contribution in [3.8, 4) is 17.4 Å². The molecule has 2 aromatic rings. The molecule has 0 aliphatic carbocycles. The second-order valence-electron chi connectivity index (χ2n) is 3.78. The van der Waals surface area contributed by atoms with Crippen molar-refractivity contribution in [1.29, 1.82) is 0 Å². The van der Waals surface area contributed by atoms with E-state index >= 15 is 0 Å². The molecule has 0 fully saturated rings. The van der Waals surface area contributed by atoms with Crippen LogP contribution in [-0.2, 0) is 0 Å². The summed E-state index contributed by atoms with van der Waals surface area (Å²) in [5.74, 6) is -0.247. The van der Waals surface area contributed by atoms with Gasteiger partial charge in [0, 0.05) is 12.1 Å². The molecule has 0 radical (unpaired) electrons. The van der Waals surface area contributed by atoms with Gasteiger partial charge >= 0.3 is 6.36 Å². The summed E-state index contributed by atoms with van der Waals surface area (Å²) in [7, 11) is 0. The molecule has 1 heterocycles. The highest BCUT2D eigenvalue weighted by Gasteiger charge is 2.32. The van der Waals surface area contributed by atoms with Gasteiger partial charge in [-0.2, -0.15) is 0 Å². The molecule has 0 saturated carbocycles. The van der Waals surface area contributed by atoms with Crippen LogP contribution in [0.3, 0.4) is 0 Å². The van der Waals surface area contributed by atoms with E-state index in [0.717, 1.165) is 6.07 Å². The predicted molar refractivity (Wildman–Crippen MR) is 66.3 cm³/mol. The molecule has 106 valence electrons. The van der Waals surface area contributed by atoms with Crippen molar-refractivity contribution in [3.05, 3.63) is 36.5 Å². The third kappa shape index (κ3) is 3.67. The third-order valence-corrected chi connectivity index (χ3v) is 2.19. The summed E-state index contributed by atoms with van der Waals surface area (Å²) in [5, 5.41) is 0. The Labute approximate surface area is 111 Å².